The Morgan fingerprint density at radius 2 is 0.946 bits per heavy atom. The van der Waals surface area contributed by atoms with Crippen LogP contribution >= 0.6 is 0 Å². The molecule has 0 amide bonds. The van der Waals surface area contributed by atoms with E-state index in [-0.39, 0.29) is 6.04 Å². The first-order valence-electron chi connectivity index (χ1n) is 20.0. The summed E-state index contributed by atoms with van der Waals surface area (Å²) in [5, 5.41) is 0. The Bertz CT molecular complexity index is 2610. The molecule has 5 aliphatic rings. The Morgan fingerprint density at radius 1 is 0.375 bits per heavy atom. The Kier molecular flexibility index (Phi) is 7.95. The van der Waals surface area contributed by atoms with E-state index in [4.69, 9.17) is 0 Å². The fourth-order valence-corrected chi connectivity index (χ4v) is 9.89. The van der Waals surface area contributed by atoms with Gasteiger partial charge >= 0.3 is 0 Å². The SMILES string of the molecule is C1=CC2c3cc(-c4ccc(C5=CC6C7C=CC=CC7N(c7cccc(-c8ccccc8)c7)C6C=C5)cc4)ccc3N(c3ccc(-c4ccccc4)cc3)C2C=C1. The number of allylic oxidation sites excluding steroid dienone is 6. The minimum absolute atomic E-state index is 0.262. The Morgan fingerprint density at radius 3 is 1.73 bits per heavy atom. The van der Waals surface area contributed by atoms with Crippen LogP contribution in [0.1, 0.15) is 17.0 Å². The molecule has 1 fully saturated rings. The summed E-state index contributed by atoms with van der Waals surface area (Å²) in [6.45, 7) is 0. The predicted octanol–water partition coefficient (Wildman–Crippen LogP) is 13.0. The van der Waals surface area contributed by atoms with Gasteiger partial charge in [-0.3, -0.25) is 0 Å². The van der Waals surface area contributed by atoms with Gasteiger partial charge in [-0.25, -0.2) is 0 Å². The van der Waals surface area contributed by atoms with E-state index in [1.54, 1.807) is 0 Å². The van der Waals surface area contributed by atoms with Crippen molar-refractivity contribution in [1.29, 1.82) is 0 Å². The lowest BCUT2D eigenvalue weighted by Gasteiger charge is -2.32. The van der Waals surface area contributed by atoms with Gasteiger partial charge in [-0.1, -0.05) is 182 Å². The number of hydrogen-bond acceptors (Lipinski definition) is 2. The zero-order chi connectivity index (χ0) is 37.0. The minimum atomic E-state index is 0.262. The molecule has 6 aromatic carbocycles. The number of anilines is 3. The third-order valence-electron chi connectivity index (χ3n) is 12.6. The molecule has 1 saturated heterocycles. The Hall–Kier alpha value is -6.64. The largest absolute Gasteiger partial charge is 0.357 e. The first kappa shape index (κ1) is 32.8. The molecule has 2 aliphatic heterocycles. The van der Waals surface area contributed by atoms with E-state index in [9.17, 15) is 0 Å². The molecule has 3 aliphatic carbocycles. The summed E-state index contributed by atoms with van der Waals surface area (Å²) < 4.78 is 0. The van der Waals surface area contributed by atoms with Gasteiger partial charge in [-0.2, -0.15) is 0 Å². The Balaban J connectivity index is 0.866. The van der Waals surface area contributed by atoms with Crippen LogP contribution in [-0.4, -0.2) is 18.1 Å². The highest BCUT2D eigenvalue weighted by molar-refractivity contribution is 5.82. The summed E-state index contributed by atoms with van der Waals surface area (Å²) in [6.07, 6.45) is 25.8. The predicted molar refractivity (Wildman–Crippen MR) is 235 cm³/mol. The lowest BCUT2D eigenvalue weighted by molar-refractivity contribution is 0.528. The van der Waals surface area contributed by atoms with Gasteiger partial charge in [0.2, 0.25) is 0 Å². The molecular weight excluding hydrogens is 677 g/mol. The number of hydrogen-bond donors (Lipinski definition) is 0. The summed E-state index contributed by atoms with van der Waals surface area (Å²) in [5.41, 5.74) is 15.3. The molecule has 6 unspecified atom stereocenters. The van der Waals surface area contributed by atoms with Gasteiger partial charge in [0.25, 0.3) is 0 Å². The van der Waals surface area contributed by atoms with Crippen molar-refractivity contribution in [2.45, 2.75) is 24.0 Å². The standard InChI is InChI=1S/C54H42N2/c1-3-12-37(13-4-1)39-26-30-45(31-27-39)55-51-20-9-7-18-47(51)49-35-43(28-32-53(49)55)40-22-24-41(25-23-40)44-29-33-54-50(36-44)48-19-8-10-21-52(48)56(54)46-17-11-16-42(34-46)38-14-5-2-6-15-38/h1-36,47-48,50-52,54H. The molecule has 6 atom stereocenters. The van der Waals surface area contributed by atoms with E-state index in [0.717, 1.165) is 0 Å². The van der Waals surface area contributed by atoms with Crippen molar-refractivity contribution in [3.05, 3.63) is 230 Å². The molecule has 11 rings (SSSR count). The quantitative estimate of drug-likeness (QED) is 0.169. The van der Waals surface area contributed by atoms with Crippen LogP contribution in [0.25, 0.3) is 39.0 Å². The van der Waals surface area contributed by atoms with Crippen LogP contribution in [0.2, 0.25) is 0 Å². The van der Waals surface area contributed by atoms with Gasteiger partial charge in [-0.05, 0) is 86.5 Å². The van der Waals surface area contributed by atoms with Crippen molar-refractivity contribution in [1.82, 2.24) is 0 Å². The van der Waals surface area contributed by atoms with Crippen molar-refractivity contribution in [3.8, 4) is 33.4 Å². The number of rotatable bonds is 6. The number of nitrogens with zero attached hydrogens (tertiary/aromatic N) is 2. The molecule has 56 heavy (non-hydrogen) atoms. The monoisotopic (exact) mass is 718 g/mol. The topological polar surface area (TPSA) is 6.48 Å². The molecule has 0 spiro atoms. The molecule has 268 valence electrons. The second-order valence-corrected chi connectivity index (χ2v) is 15.6. The van der Waals surface area contributed by atoms with Gasteiger partial charge < -0.3 is 9.80 Å². The highest BCUT2D eigenvalue weighted by atomic mass is 15.2. The maximum Gasteiger partial charge on any atom is 0.0629 e. The maximum absolute atomic E-state index is 2.64. The van der Waals surface area contributed by atoms with Crippen LogP contribution in [-0.2, 0) is 0 Å². The van der Waals surface area contributed by atoms with Crippen molar-refractivity contribution in [3.63, 3.8) is 0 Å². The van der Waals surface area contributed by atoms with Crippen LogP contribution in [0.3, 0.4) is 0 Å². The van der Waals surface area contributed by atoms with Crippen molar-refractivity contribution >= 4 is 22.6 Å². The fourth-order valence-electron chi connectivity index (χ4n) is 9.89. The summed E-state index contributed by atoms with van der Waals surface area (Å²) in [7, 11) is 0. The van der Waals surface area contributed by atoms with Crippen molar-refractivity contribution < 1.29 is 0 Å². The van der Waals surface area contributed by atoms with Gasteiger partial charge in [0.15, 0.2) is 0 Å². The molecule has 2 nitrogen and oxygen atoms in total. The van der Waals surface area contributed by atoms with E-state index in [1.165, 1.54) is 67.1 Å². The summed E-state index contributed by atoms with van der Waals surface area (Å²) in [4.78, 5) is 5.16. The zero-order valence-corrected chi connectivity index (χ0v) is 31.1. The first-order chi connectivity index (χ1) is 27.8. The van der Waals surface area contributed by atoms with E-state index in [1.807, 2.05) is 0 Å². The molecule has 0 saturated carbocycles. The molecule has 6 aromatic rings. The molecular formula is C54H42N2. The third kappa shape index (κ3) is 5.56. The number of fused-ring (bicyclic) bond motifs is 6. The highest BCUT2D eigenvalue weighted by Gasteiger charge is 2.46. The number of benzene rings is 6. The maximum atomic E-state index is 2.64. The lowest BCUT2D eigenvalue weighted by Crippen LogP contribution is -2.36. The van der Waals surface area contributed by atoms with Crippen LogP contribution < -0.4 is 9.80 Å². The van der Waals surface area contributed by atoms with Gasteiger partial charge in [0.05, 0.1) is 18.1 Å². The smallest absolute Gasteiger partial charge is 0.0629 e. The minimum Gasteiger partial charge on any atom is -0.357 e. The molecule has 0 radical (unpaired) electrons. The van der Waals surface area contributed by atoms with Crippen LogP contribution in [0.4, 0.5) is 17.1 Å². The molecule has 0 N–H and O–H groups in total. The van der Waals surface area contributed by atoms with Crippen LogP contribution in [0.5, 0.6) is 0 Å². The lowest BCUT2D eigenvalue weighted by atomic mass is 9.80. The van der Waals surface area contributed by atoms with Crippen LogP contribution in [0, 0.1) is 11.8 Å². The van der Waals surface area contributed by atoms with Gasteiger partial charge in [-0.15, -0.1) is 0 Å². The molecule has 2 heteroatoms. The molecule has 0 bridgehead atoms. The van der Waals surface area contributed by atoms with Crippen molar-refractivity contribution in [2.75, 3.05) is 9.80 Å². The summed E-state index contributed by atoms with van der Waals surface area (Å²) >= 11 is 0. The van der Waals surface area contributed by atoms with Gasteiger partial charge in [0, 0.05) is 34.8 Å². The van der Waals surface area contributed by atoms with E-state index in [0.29, 0.717) is 29.8 Å². The zero-order valence-electron chi connectivity index (χ0n) is 31.1. The fraction of sp³-hybridized carbons (Fsp3) is 0.111. The second kappa shape index (κ2) is 13.6. The van der Waals surface area contributed by atoms with E-state index < -0.39 is 0 Å². The van der Waals surface area contributed by atoms with E-state index >= 15 is 0 Å². The first-order valence-corrected chi connectivity index (χ1v) is 20.0. The highest BCUT2D eigenvalue weighted by Crippen LogP contribution is 2.50. The molecule has 0 aromatic heterocycles. The third-order valence-corrected chi connectivity index (χ3v) is 12.6. The normalized spacial score (nSPS) is 23.8. The van der Waals surface area contributed by atoms with E-state index in [2.05, 4.69) is 228 Å². The summed E-state index contributed by atoms with van der Waals surface area (Å²) in [6, 6.07) is 56.7. The second-order valence-electron chi connectivity index (χ2n) is 15.6. The van der Waals surface area contributed by atoms with Crippen molar-refractivity contribution in [2.24, 2.45) is 11.8 Å². The molecule has 2 heterocycles. The van der Waals surface area contributed by atoms with Gasteiger partial charge in [0.1, 0.15) is 0 Å². The average molecular weight is 719 g/mol. The van der Waals surface area contributed by atoms with Crippen LogP contribution in [0.15, 0.2) is 218 Å². The average Bonchev–Trinajstić information content (AvgIpc) is 3.79. The Labute approximate surface area is 330 Å². The summed E-state index contributed by atoms with van der Waals surface area (Å²) in [5.74, 6) is 1.12.